The molecule has 0 spiro atoms. The Balaban J connectivity index is 1.77. The van der Waals surface area contributed by atoms with Crippen LogP contribution in [0.5, 0.6) is 0 Å². The molecule has 0 atom stereocenters. The van der Waals surface area contributed by atoms with Crippen LogP contribution in [0.25, 0.3) is 0 Å². The molecular formula is C21H33N3O2. The van der Waals surface area contributed by atoms with Crippen molar-refractivity contribution in [2.45, 2.75) is 39.5 Å². The molecular weight excluding hydrogens is 326 g/mol. The van der Waals surface area contributed by atoms with E-state index in [4.69, 9.17) is 5.73 Å². The van der Waals surface area contributed by atoms with Crippen molar-refractivity contribution in [3.63, 3.8) is 0 Å². The fourth-order valence-corrected chi connectivity index (χ4v) is 3.53. The smallest absolute Gasteiger partial charge is 0.225 e. The average molecular weight is 360 g/mol. The Morgan fingerprint density at radius 2 is 1.81 bits per heavy atom. The van der Waals surface area contributed by atoms with E-state index < -0.39 is 0 Å². The molecule has 0 aromatic heterocycles. The lowest BCUT2D eigenvalue weighted by atomic mass is 9.91. The van der Waals surface area contributed by atoms with Gasteiger partial charge in [-0.15, -0.1) is 0 Å². The first-order chi connectivity index (χ1) is 12.3. The molecule has 2 rings (SSSR count). The molecule has 0 aliphatic carbocycles. The van der Waals surface area contributed by atoms with Crippen LogP contribution >= 0.6 is 0 Å². The third-order valence-corrected chi connectivity index (χ3v) is 5.26. The molecule has 2 amide bonds. The van der Waals surface area contributed by atoms with Gasteiger partial charge in [0.1, 0.15) is 0 Å². The van der Waals surface area contributed by atoms with Gasteiger partial charge in [-0.05, 0) is 36.8 Å². The summed E-state index contributed by atoms with van der Waals surface area (Å²) in [5, 5.41) is 0. The number of piperidine rings is 1. The second kappa shape index (κ2) is 9.17. The fraction of sp³-hybridized carbons (Fsp3) is 0.619. The fourth-order valence-electron chi connectivity index (χ4n) is 3.53. The highest BCUT2D eigenvalue weighted by atomic mass is 16.2. The molecule has 1 heterocycles. The van der Waals surface area contributed by atoms with Gasteiger partial charge in [0, 0.05) is 39.0 Å². The average Bonchev–Trinajstić information content (AvgIpc) is 2.66. The number of likely N-dealkylation sites (tertiary alicyclic amines) is 1. The van der Waals surface area contributed by atoms with Crippen molar-refractivity contribution in [2.24, 2.45) is 17.1 Å². The van der Waals surface area contributed by atoms with Crippen molar-refractivity contribution in [1.29, 1.82) is 0 Å². The standard InChI is InChI=1S/C21H33N3O2/c1-21(2,15-22)16-23(3)20(26)18-11-13-24(14-12-18)19(25)10-9-17-7-5-4-6-8-17/h4-8,18H,9-16,22H2,1-3H3. The maximum atomic E-state index is 12.7. The van der Waals surface area contributed by atoms with Crippen molar-refractivity contribution in [3.05, 3.63) is 35.9 Å². The van der Waals surface area contributed by atoms with E-state index in [0.29, 0.717) is 32.6 Å². The Morgan fingerprint density at radius 3 is 2.38 bits per heavy atom. The summed E-state index contributed by atoms with van der Waals surface area (Å²) in [6, 6.07) is 10.1. The van der Waals surface area contributed by atoms with E-state index in [9.17, 15) is 9.59 Å². The van der Waals surface area contributed by atoms with E-state index in [-0.39, 0.29) is 23.1 Å². The summed E-state index contributed by atoms with van der Waals surface area (Å²) >= 11 is 0. The number of nitrogens with two attached hydrogens (primary N) is 1. The van der Waals surface area contributed by atoms with Gasteiger partial charge < -0.3 is 15.5 Å². The van der Waals surface area contributed by atoms with Gasteiger partial charge in [-0.1, -0.05) is 44.2 Å². The number of carbonyl (C=O) groups is 2. The molecule has 1 aromatic carbocycles. The maximum absolute atomic E-state index is 12.7. The van der Waals surface area contributed by atoms with Gasteiger partial charge in [0.15, 0.2) is 0 Å². The predicted octanol–water partition coefficient (Wildman–Crippen LogP) is 2.30. The molecule has 0 bridgehead atoms. The number of amides is 2. The Labute approximate surface area is 157 Å². The van der Waals surface area contributed by atoms with Crippen LogP contribution in [0.15, 0.2) is 30.3 Å². The first-order valence-corrected chi connectivity index (χ1v) is 9.59. The zero-order chi connectivity index (χ0) is 19.2. The van der Waals surface area contributed by atoms with E-state index in [2.05, 4.69) is 26.0 Å². The van der Waals surface area contributed by atoms with Gasteiger partial charge in [-0.3, -0.25) is 9.59 Å². The number of benzene rings is 1. The van der Waals surface area contributed by atoms with Gasteiger partial charge in [0.25, 0.3) is 0 Å². The summed E-state index contributed by atoms with van der Waals surface area (Å²) in [7, 11) is 1.86. The van der Waals surface area contributed by atoms with Crippen LogP contribution in [0.3, 0.4) is 0 Å². The minimum Gasteiger partial charge on any atom is -0.345 e. The number of carbonyl (C=O) groups excluding carboxylic acids is 2. The lowest BCUT2D eigenvalue weighted by Crippen LogP contribution is -2.46. The maximum Gasteiger partial charge on any atom is 0.225 e. The van der Waals surface area contributed by atoms with Crippen LogP contribution in [0.4, 0.5) is 0 Å². The minimum atomic E-state index is -0.0709. The van der Waals surface area contributed by atoms with Crippen molar-refractivity contribution in [2.75, 3.05) is 33.2 Å². The molecule has 1 aliphatic rings. The number of hydrogen-bond donors (Lipinski definition) is 1. The number of rotatable bonds is 7. The summed E-state index contributed by atoms with van der Waals surface area (Å²) in [6.07, 6.45) is 2.81. The van der Waals surface area contributed by atoms with E-state index in [1.54, 1.807) is 0 Å². The van der Waals surface area contributed by atoms with Crippen LogP contribution in [0.2, 0.25) is 0 Å². The second-order valence-electron chi connectivity index (χ2n) is 8.20. The molecule has 2 N–H and O–H groups in total. The number of nitrogens with zero attached hydrogens (tertiary/aromatic N) is 2. The molecule has 0 saturated carbocycles. The lowest BCUT2D eigenvalue weighted by molar-refractivity contribution is -0.140. The molecule has 1 fully saturated rings. The molecule has 1 saturated heterocycles. The SMILES string of the molecule is CN(CC(C)(C)CN)C(=O)C1CCN(C(=O)CCc2ccccc2)CC1. The van der Waals surface area contributed by atoms with Gasteiger partial charge >= 0.3 is 0 Å². The topological polar surface area (TPSA) is 66.6 Å². The molecule has 144 valence electrons. The Hall–Kier alpha value is -1.88. The highest BCUT2D eigenvalue weighted by molar-refractivity contribution is 5.80. The Kier molecular flexibility index (Phi) is 7.21. The first-order valence-electron chi connectivity index (χ1n) is 9.59. The molecule has 5 nitrogen and oxygen atoms in total. The summed E-state index contributed by atoms with van der Waals surface area (Å²) in [5.41, 5.74) is 6.89. The molecule has 0 unspecified atom stereocenters. The molecule has 5 heteroatoms. The van der Waals surface area contributed by atoms with Crippen molar-refractivity contribution in [1.82, 2.24) is 9.80 Å². The van der Waals surface area contributed by atoms with Crippen LogP contribution in [-0.4, -0.2) is 54.8 Å². The monoisotopic (exact) mass is 359 g/mol. The summed E-state index contributed by atoms with van der Waals surface area (Å²) in [6.45, 7) is 6.73. The van der Waals surface area contributed by atoms with E-state index in [0.717, 1.165) is 19.3 Å². The van der Waals surface area contributed by atoms with Gasteiger partial charge in [-0.25, -0.2) is 0 Å². The summed E-state index contributed by atoms with van der Waals surface area (Å²) in [5.74, 6) is 0.395. The third kappa shape index (κ3) is 5.84. The van der Waals surface area contributed by atoms with Gasteiger partial charge in [-0.2, -0.15) is 0 Å². The second-order valence-corrected chi connectivity index (χ2v) is 8.20. The van der Waals surface area contributed by atoms with Crippen molar-refractivity contribution >= 4 is 11.8 Å². The summed E-state index contributed by atoms with van der Waals surface area (Å²) in [4.78, 5) is 28.8. The predicted molar refractivity (Wildman–Crippen MR) is 105 cm³/mol. The first kappa shape index (κ1) is 20.4. The molecule has 0 radical (unpaired) electrons. The van der Waals surface area contributed by atoms with Crippen molar-refractivity contribution < 1.29 is 9.59 Å². The molecule has 1 aliphatic heterocycles. The van der Waals surface area contributed by atoms with Gasteiger partial charge in [0.2, 0.25) is 11.8 Å². The van der Waals surface area contributed by atoms with E-state index >= 15 is 0 Å². The Morgan fingerprint density at radius 1 is 1.19 bits per heavy atom. The molecule has 26 heavy (non-hydrogen) atoms. The number of hydrogen-bond acceptors (Lipinski definition) is 3. The zero-order valence-corrected chi connectivity index (χ0v) is 16.4. The minimum absolute atomic E-state index is 0.0201. The summed E-state index contributed by atoms with van der Waals surface area (Å²) < 4.78 is 0. The van der Waals surface area contributed by atoms with E-state index in [1.807, 2.05) is 35.0 Å². The quantitative estimate of drug-likeness (QED) is 0.812. The Bertz CT molecular complexity index is 593. The van der Waals surface area contributed by atoms with Crippen molar-refractivity contribution in [3.8, 4) is 0 Å². The van der Waals surface area contributed by atoms with Gasteiger partial charge in [0.05, 0.1) is 0 Å². The van der Waals surface area contributed by atoms with Crippen LogP contribution in [0.1, 0.15) is 38.7 Å². The largest absolute Gasteiger partial charge is 0.345 e. The third-order valence-electron chi connectivity index (χ3n) is 5.26. The van der Waals surface area contributed by atoms with Crippen LogP contribution in [-0.2, 0) is 16.0 Å². The highest BCUT2D eigenvalue weighted by Gasteiger charge is 2.30. The van der Waals surface area contributed by atoms with Crippen LogP contribution in [0, 0.1) is 11.3 Å². The number of aryl methyl sites for hydroxylation is 1. The molecule has 1 aromatic rings. The van der Waals surface area contributed by atoms with E-state index in [1.165, 1.54) is 5.56 Å². The zero-order valence-electron chi connectivity index (χ0n) is 16.4. The van der Waals surface area contributed by atoms with Crippen LogP contribution < -0.4 is 5.73 Å². The lowest BCUT2D eigenvalue weighted by Gasteiger charge is -2.35. The highest BCUT2D eigenvalue weighted by Crippen LogP contribution is 2.22. The normalized spacial score (nSPS) is 15.8.